The SMILES string of the molecule is Oc1cccc(CNc2cncc(-c3cccc(O)c3F)c2)c1. The number of phenolic OH excluding ortho intramolecular Hbond substituents is 2. The first-order valence-corrected chi connectivity index (χ1v) is 7.08. The summed E-state index contributed by atoms with van der Waals surface area (Å²) in [6, 6.07) is 13.2. The summed E-state index contributed by atoms with van der Waals surface area (Å²) >= 11 is 0. The largest absolute Gasteiger partial charge is 0.508 e. The van der Waals surface area contributed by atoms with Crippen molar-refractivity contribution in [1.29, 1.82) is 0 Å². The Morgan fingerprint density at radius 2 is 1.83 bits per heavy atom. The monoisotopic (exact) mass is 310 g/mol. The van der Waals surface area contributed by atoms with Gasteiger partial charge in [0.2, 0.25) is 0 Å². The first-order chi connectivity index (χ1) is 11.1. The molecule has 0 radical (unpaired) electrons. The minimum atomic E-state index is -0.667. The predicted octanol–water partition coefficient (Wildman–Crippen LogP) is 3.91. The maximum absolute atomic E-state index is 14.0. The van der Waals surface area contributed by atoms with Crippen LogP contribution < -0.4 is 5.32 Å². The lowest BCUT2D eigenvalue weighted by Crippen LogP contribution is -2.00. The highest BCUT2D eigenvalue weighted by Gasteiger charge is 2.09. The van der Waals surface area contributed by atoms with Crippen molar-refractivity contribution in [1.82, 2.24) is 4.98 Å². The van der Waals surface area contributed by atoms with Gasteiger partial charge in [0.15, 0.2) is 11.6 Å². The number of benzene rings is 2. The molecule has 0 amide bonds. The van der Waals surface area contributed by atoms with E-state index in [4.69, 9.17) is 0 Å². The van der Waals surface area contributed by atoms with Crippen LogP contribution in [0.4, 0.5) is 10.1 Å². The number of halogens is 1. The van der Waals surface area contributed by atoms with E-state index in [0.717, 1.165) is 5.56 Å². The molecule has 1 aromatic heterocycles. The first-order valence-electron chi connectivity index (χ1n) is 7.08. The average Bonchev–Trinajstić information content (AvgIpc) is 2.56. The Labute approximate surface area is 132 Å². The summed E-state index contributed by atoms with van der Waals surface area (Å²) in [6.45, 7) is 0.502. The Hall–Kier alpha value is -3.08. The van der Waals surface area contributed by atoms with Gasteiger partial charge in [-0.2, -0.15) is 0 Å². The van der Waals surface area contributed by atoms with E-state index in [1.807, 2.05) is 6.07 Å². The molecule has 4 nitrogen and oxygen atoms in total. The predicted molar refractivity (Wildman–Crippen MR) is 86.7 cm³/mol. The third-order valence-electron chi connectivity index (χ3n) is 3.43. The molecule has 5 heteroatoms. The summed E-state index contributed by atoms with van der Waals surface area (Å²) in [7, 11) is 0. The molecule has 3 rings (SSSR count). The summed E-state index contributed by atoms with van der Waals surface area (Å²) in [6.07, 6.45) is 3.17. The lowest BCUT2D eigenvalue weighted by atomic mass is 10.1. The van der Waals surface area contributed by atoms with Crippen molar-refractivity contribution >= 4 is 5.69 Å². The third-order valence-corrected chi connectivity index (χ3v) is 3.43. The van der Waals surface area contributed by atoms with Crippen LogP contribution in [0, 0.1) is 5.82 Å². The van der Waals surface area contributed by atoms with Crippen LogP contribution in [0.25, 0.3) is 11.1 Å². The zero-order valence-corrected chi connectivity index (χ0v) is 12.2. The molecule has 1 heterocycles. The lowest BCUT2D eigenvalue weighted by Gasteiger charge is -2.09. The van der Waals surface area contributed by atoms with Gasteiger partial charge in [-0.1, -0.05) is 24.3 Å². The van der Waals surface area contributed by atoms with Gasteiger partial charge in [-0.05, 0) is 29.8 Å². The van der Waals surface area contributed by atoms with Crippen LogP contribution in [0.15, 0.2) is 60.9 Å². The quantitative estimate of drug-likeness (QED) is 0.683. The maximum atomic E-state index is 14.0. The Balaban J connectivity index is 1.81. The second-order valence-electron chi connectivity index (χ2n) is 5.12. The second kappa shape index (κ2) is 6.36. The van der Waals surface area contributed by atoms with E-state index in [1.165, 1.54) is 12.3 Å². The van der Waals surface area contributed by atoms with Crippen molar-refractivity contribution in [2.45, 2.75) is 6.54 Å². The standard InChI is InChI=1S/C18H15FN2O2/c19-18-16(5-2-6-17(18)23)13-8-14(11-20-10-13)21-9-12-3-1-4-15(22)7-12/h1-8,10-11,21-23H,9H2. The zero-order valence-electron chi connectivity index (χ0n) is 12.2. The van der Waals surface area contributed by atoms with Gasteiger partial charge in [-0.3, -0.25) is 4.98 Å². The van der Waals surface area contributed by atoms with Crippen LogP contribution in [0.5, 0.6) is 11.5 Å². The van der Waals surface area contributed by atoms with Gasteiger partial charge in [0.25, 0.3) is 0 Å². The van der Waals surface area contributed by atoms with Gasteiger partial charge in [0.05, 0.1) is 5.69 Å². The van der Waals surface area contributed by atoms with E-state index >= 15 is 0 Å². The number of nitrogens with zero attached hydrogens (tertiary/aromatic N) is 1. The lowest BCUT2D eigenvalue weighted by molar-refractivity contribution is 0.433. The van der Waals surface area contributed by atoms with Crippen molar-refractivity contribution in [3.05, 3.63) is 72.3 Å². The molecule has 2 aromatic carbocycles. The average molecular weight is 310 g/mol. The van der Waals surface area contributed by atoms with E-state index in [2.05, 4.69) is 10.3 Å². The van der Waals surface area contributed by atoms with Gasteiger partial charge in [0, 0.05) is 30.1 Å². The summed E-state index contributed by atoms with van der Waals surface area (Å²) in [5, 5.41) is 22.1. The van der Waals surface area contributed by atoms with Crippen LogP contribution in [-0.2, 0) is 6.54 Å². The number of phenols is 2. The highest BCUT2D eigenvalue weighted by molar-refractivity contribution is 5.68. The van der Waals surface area contributed by atoms with E-state index in [9.17, 15) is 14.6 Å². The number of pyridine rings is 1. The molecule has 0 unspecified atom stereocenters. The molecule has 23 heavy (non-hydrogen) atoms. The smallest absolute Gasteiger partial charge is 0.172 e. The number of hydrogen-bond acceptors (Lipinski definition) is 4. The van der Waals surface area contributed by atoms with Gasteiger partial charge in [0.1, 0.15) is 5.75 Å². The maximum Gasteiger partial charge on any atom is 0.172 e. The van der Waals surface area contributed by atoms with Crippen LogP contribution >= 0.6 is 0 Å². The highest BCUT2D eigenvalue weighted by Crippen LogP contribution is 2.29. The summed E-state index contributed by atoms with van der Waals surface area (Å²) < 4.78 is 14.0. The molecule has 0 saturated heterocycles. The second-order valence-corrected chi connectivity index (χ2v) is 5.12. The number of aromatic hydroxyl groups is 2. The molecule has 0 bridgehead atoms. The van der Waals surface area contributed by atoms with Crippen molar-refractivity contribution < 1.29 is 14.6 Å². The molecule has 0 saturated carbocycles. The summed E-state index contributed by atoms with van der Waals surface area (Å²) in [5.41, 5.74) is 2.49. The van der Waals surface area contributed by atoms with Crippen LogP contribution in [0.1, 0.15) is 5.56 Å². The van der Waals surface area contributed by atoms with Crippen LogP contribution in [-0.4, -0.2) is 15.2 Å². The summed E-state index contributed by atoms with van der Waals surface area (Å²) in [5.74, 6) is -0.849. The minimum Gasteiger partial charge on any atom is -0.508 e. The molecule has 0 aliphatic heterocycles. The Kier molecular flexibility index (Phi) is 4.10. The fourth-order valence-electron chi connectivity index (χ4n) is 2.30. The van der Waals surface area contributed by atoms with Crippen molar-refractivity contribution in [3.8, 4) is 22.6 Å². The van der Waals surface area contributed by atoms with Gasteiger partial charge in [-0.25, -0.2) is 4.39 Å². The van der Waals surface area contributed by atoms with Gasteiger partial charge >= 0.3 is 0 Å². The number of nitrogens with one attached hydrogen (secondary N) is 1. The molecular formula is C18H15FN2O2. The fraction of sp³-hybridized carbons (Fsp3) is 0.0556. The molecule has 0 spiro atoms. The zero-order chi connectivity index (χ0) is 16.2. The first kappa shape index (κ1) is 14.8. The number of hydrogen-bond donors (Lipinski definition) is 3. The Morgan fingerprint density at radius 3 is 2.65 bits per heavy atom. The molecule has 0 fully saturated rings. The molecule has 116 valence electrons. The molecule has 0 aliphatic rings. The Bertz CT molecular complexity index is 837. The van der Waals surface area contributed by atoms with E-state index in [1.54, 1.807) is 42.6 Å². The summed E-state index contributed by atoms with van der Waals surface area (Å²) in [4.78, 5) is 4.10. The van der Waals surface area contributed by atoms with Crippen molar-refractivity contribution in [3.63, 3.8) is 0 Å². The van der Waals surface area contributed by atoms with Crippen molar-refractivity contribution in [2.24, 2.45) is 0 Å². The van der Waals surface area contributed by atoms with E-state index in [0.29, 0.717) is 23.4 Å². The van der Waals surface area contributed by atoms with E-state index in [-0.39, 0.29) is 11.5 Å². The normalized spacial score (nSPS) is 10.5. The number of anilines is 1. The fourth-order valence-corrected chi connectivity index (χ4v) is 2.30. The third kappa shape index (κ3) is 3.40. The molecule has 3 N–H and O–H groups in total. The van der Waals surface area contributed by atoms with Crippen LogP contribution in [0.2, 0.25) is 0 Å². The van der Waals surface area contributed by atoms with Gasteiger partial charge < -0.3 is 15.5 Å². The minimum absolute atomic E-state index is 0.206. The van der Waals surface area contributed by atoms with E-state index < -0.39 is 5.82 Å². The molecule has 3 aromatic rings. The van der Waals surface area contributed by atoms with Gasteiger partial charge in [-0.15, -0.1) is 0 Å². The number of rotatable bonds is 4. The Morgan fingerprint density at radius 1 is 1.00 bits per heavy atom. The van der Waals surface area contributed by atoms with Crippen LogP contribution in [0.3, 0.4) is 0 Å². The van der Waals surface area contributed by atoms with Crippen molar-refractivity contribution in [2.75, 3.05) is 5.32 Å². The highest BCUT2D eigenvalue weighted by atomic mass is 19.1. The number of aromatic nitrogens is 1. The molecular weight excluding hydrogens is 295 g/mol. The topological polar surface area (TPSA) is 65.4 Å². The molecule has 0 atom stereocenters. The molecule has 0 aliphatic carbocycles.